The zero-order valence-electron chi connectivity index (χ0n) is 18.5. The van der Waals surface area contributed by atoms with Crippen molar-refractivity contribution in [1.29, 1.82) is 0 Å². The van der Waals surface area contributed by atoms with Gasteiger partial charge < -0.3 is 9.47 Å². The zero-order valence-corrected chi connectivity index (χ0v) is 18.5. The number of esters is 1. The minimum atomic E-state index is -0.303. The van der Waals surface area contributed by atoms with E-state index in [4.69, 9.17) is 9.47 Å². The highest BCUT2D eigenvalue weighted by atomic mass is 16.5. The standard InChI is InChI=1S/C27H30N2O3/c1-2-31-27(30)24-14-9-17-28-25(24)20-29-18-15-23(16-19-29)32-26(21-10-5-3-6-11-21)22-12-7-4-8-13-22/h3-14,17,23,26H,2,15-16,18-20H2,1H3. The number of likely N-dealkylation sites (tertiary alicyclic amines) is 1. The maximum Gasteiger partial charge on any atom is 0.340 e. The molecule has 3 aromatic rings. The third kappa shape index (κ3) is 5.61. The maximum atomic E-state index is 12.2. The number of rotatable bonds is 8. The lowest BCUT2D eigenvalue weighted by molar-refractivity contribution is -0.0283. The lowest BCUT2D eigenvalue weighted by Crippen LogP contribution is -2.37. The first-order valence-electron chi connectivity index (χ1n) is 11.3. The van der Waals surface area contributed by atoms with Gasteiger partial charge in [-0.15, -0.1) is 0 Å². The van der Waals surface area contributed by atoms with Crippen LogP contribution < -0.4 is 0 Å². The molecule has 0 saturated carbocycles. The van der Waals surface area contributed by atoms with Crippen LogP contribution in [-0.4, -0.2) is 41.7 Å². The Morgan fingerprint density at radius 3 is 2.19 bits per heavy atom. The number of benzene rings is 2. The Balaban J connectivity index is 1.39. The van der Waals surface area contributed by atoms with Crippen LogP contribution in [0.5, 0.6) is 0 Å². The molecular weight excluding hydrogens is 400 g/mol. The summed E-state index contributed by atoms with van der Waals surface area (Å²) in [5.74, 6) is -0.303. The monoisotopic (exact) mass is 430 g/mol. The summed E-state index contributed by atoms with van der Waals surface area (Å²) in [6.45, 7) is 4.62. The second kappa shape index (κ2) is 11.0. The second-order valence-corrected chi connectivity index (χ2v) is 8.03. The first-order chi connectivity index (χ1) is 15.7. The van der Waals surface area contributed by atoms with Gasteiger partial charge in [0.15, 0.2) is 0 Å². The summed E-state index contributed by atoms with van der Waals surface area (Å²) >= 11 is 0. The molecule has 0 spiro atoms. The Hall–Kier alpha value is -3.02. The topological polar surface area (TPSA) is 51.7 Å². The Bertz CT molecular complexity index is 947. The molecule has 0 bridgehead atoms. The van der Waals surface area contributed by atoms with Crippen LogP contribution in [0.4, 0.5) is 0 Å². The van der Waals surface area contributed by atoms with Gasteiger partial charge in [0.05, 0.1) is 24.0 Å². The Kier molecular flexibility index (Phi) is 7.64. The van der Waals surface area contributed by atoms with Crippen molar-refractivity contribution >= 4 is 5.97 Å². The van der Waals surface area contributed by atoms with E-state index < -0.39 is 0 Å². The highest BCUT2D eigenvalue weighted by Crippen LogP contribution is 2.30. The molecule has 5 heteroatoms. The lowest BCUT2D eigenvalue weighted by atomic mass is 10.00. The van der Waals surface area contributed by atoms with Gasteiger partial charge in [0.2, 0.25) is 0 Å². The van der Waals surface area contributed by atoms with Gasteiger partial charge in [0, 0.05) is 25.8 Å². The number of aromatic nitrogens is 1. The molecule has 2 heterocycles. The van der Waals surface area contributed by atoms with E-state index in [1.165, 1.54) is 11.1 Å². The number of carbonyl (C=O) groups is 1. The predicted molar refractivity (Wildman–Crippen MR) is 124 cm³/mol. The van der Waals surface area contributed by atoms with E-state index in [2.05, 4.69) is 58.4 Å². The van der Waals surface area contributed by atoms with Crippen molar-refractivity contribution in [1.82, 2.24) is 9.88 Å². The van der Waals surface area contributed by atoms with Crippen molar-refractivity contribution < 1.29 is 14.3 Å². The minimum Gasteiger partial charge on any atom is -0.462 e. The molecule has 4 rings (SSSR count). The van der Waals surface area contributed by atoms with Crippen LogP contribution in [-0.2, 0) is 16.0 Å². The molecule has 1 aliphatic heterocycles. The molecule has 0 unspecified atom stereocenters. The molecular formula is C27H30N2O3. The molecule has 0 N–H and O–H groups in total. The van der Waals surface area contributed by atoms with Crippen LogP contribution in [0.25, 0.3) is 0 Å². The van der Waals surface area contributed by atoms with E-state index in [1.807, 2.05) is 19.1 Å². The molecule has 166 valence electrons. The van der Waals surface area contributed by atoms with E-state index in [9.17, 15) is 4.79 Å². The van der Waals surface area contributed by atoms with Crippen molar-refractivity contribution in [3.8, 4) is 0 Å². The largest absolute Gasteiger partial charge is 0.462 e. The van der Waals surface area contributed by atoms with E-state index in [1.54, 1.807) is 18.3 Å². The summed E-state index contributed by atoms with van der Waals surface area (Å²) in [6.07, 6.45) is 3.73. The van der Waals surface area contributed by atoms with E-state index in [0.29, 0.717) is 18.7 Å². The van der Waals surface area contributed by atoms with Gasteiger partial charge in [0.1, 0.15) is 6.10 Å². The number of nitrogens with zero attached hydrogens (tertiary/aromatic N) is 2. The number of ether oxygens (including phenoxy) is 2. The van der Waals surface area contributed by atoms with Crippen molar-refractivity contribution in [2.24, 2.45) is 0 Å². The quantitative estimate of drug-likeness (QED) is 0.469. The average molecular weight is 431 g/mol. The van der Waals surface area contributed by atoms with Crippen LogP contribution in [0.2, 0.25) is 0 Å². The Morgan fingerprint density at radius 2 is 1.59 bits per heavy atom. The SMILES string of the molecule is CCOC(=O)c1cccnc1CN1CCC(OC(c2ccccc2)c2ccccc2)CC1. The van der Waals surface area contributed by atoms with Crippen LogP contribution >= 0.6 is 0 Å². The third-order valence-corrected chi connectivity index (χ3v) is 5.83. The Labute approximate surface area is 190 Å². The highest BCUT2D eigenvalue weighted by molar-refractivity contribution is 5.90. The van der Waals surface area contributed by atoms with Gasteiger partial charge in [0.25, 0.3) is 0 Å². The van der Waals surface area contributed by atoms with Gasteiger partial charge in [-0.05, 0) is 43.0 Å². The fraction of sp³-hybridized carbons (Fsp3) is 0.333. The first-order valence-corrected chi connectivity index (χ1v) is 11.3. The van der Waals surface area contributed by atoms with Gasteiger partial charge in [-0.2, -0.15) is 0 Å². The van der Waals surface area contributed by atoms with Gasteiger partial charge in [-0.25, -0.2) is 4.79 Å². The molecule has 0 atom stereocenters. The minimum absolute atomic E-state index is 0.0693. The molecule has 1 aliphatic rings. The van der Waals surface area contributed by atoms with Crippen molar-refractivity contribution in [2.75, 3.05) is 19.7 Å². The van der Waals surface area contributed by atoms with Crippen LogP contribution in [0, 0.1) is 0 Å². The molecule has 2 aromatic carbocycles. The van der Waals surface area contributed by atoms with Gasteiger partial charge >= 0.3 is 5.97 Å². The van der Waals surface area contributed by atoms with Crippen LogP contribution in [0.3, 0.4) is 0 Å². The average Bonchev–Trinajstić information content (AvgIpc) is 2.85. The van der Waals surface area contributed by atoms with Crippen molar-refractivity contribution in [3.63, 3.8) is 0 Å². The molecule has 1 aromatic heterocycles. The molecule has 1 saturated heterocycles. The highest BCUT2D eigenvalue weighted by Gasteiger charge is 2.26. The van der Waals surface area contributed by atoms with Crippen LogP contribution in [0.15, 0.2) is 79.0 Å². The third-order valence-electron chi connectivity index (χ3n) is 5.83. The van der Waals surface area contributed by atoms with Gasteiger partial charge in [-0.3, -0.25) is 9.88 Å². The van der Waals surface area contributed by atoms with E-state index in [-0.39, 0.29) is 18.2 Å². The molecule has 0 radical (unpaired) electrons. The normalized spacial score (nSPS) is 15.1. The first kappa shape index (κ1) is 22.2. The Morgan fingerprint density at radius 1 is 0.969 bits per heavy atom. The van der Waals surface area contributed by atoms with Crippen molar-refractivity contribution in [3.05, 3.63) is 101 Å². The lowest BCUT2D eigenvalue weighted by Gasteiger charge is -2.34. The number of piperidine rings is 1. The summed E-state index contributed by atoms with van der Waals surface area (Å²) in [4.78, 5) is 19.0. The predicted octanol–water partition coefficient (Wildman–Crippen LogP) is 5.03. The second-order valence-electron chi connectivity index (χ2n) is 8.03. The van der Waals surface area contributed by atoms with Crippen LogP contribution in [0.1, 0.15) is 53.0 Å². The molecule has 0 aliphatic carbocycles. The maximum absolute atomic E-state index is 12.2. The number of pyridine rings is 1. The molecule has 32 heavy (non-hydrogen) atoms. The number of carbonyl (C=O) groups excluding carboxylic acids is 1. The number of hydrogen-bond donors (Lipinski definition) is 0. The van der Waals surface area contributed by atoms with Gasteiger partial charge in [-0.1, -0.05) is 60.7 Å². The fourth-order valence-corrected chi connectivity index (χ4v) is 4.17. The molecule has 5 nitrogen and oxygen atoms in total. The fourth-order valence-electron chi connectivity index (χ4n) is 4.17. The molecule has 0 amide bonds. The van der Waals surface area contributed by atoms with E-state index >= 15 is 0 Å². The summed E-state index contributed by atoms with van der Waals surface area (Å²) in [5, 5.41) is 0. The summed E-state index contributed by atoms with van der Waals surface area (Å²) in [6, 6.07) is 24.4. The molecule has 1 fully saturated rings. The summed E-state index contributed by atoms with van der Waals surface area (Å²) in [5.41, 5.74) is 3.68. The zero-order chi connectivity index (χ0) is 22.2. The number of hydrogen-bond acceptors (Lipinski definition) is 5. The summed E-state index contributed by atoms with van der Waals surface area (Å²) in [7, 11) is 0. The van der Waals surface area contributed by atoms with Crippen molar-refractivity contribution in [2.45, 2.75) is 38.5 Å². The van der Waals surface area contributed by atoms with E-state index in [0.717, 1.165) is 31.6 Å². The summed E-state index contributed by atoms with van der Waals surface area (Å²) < 4.78 is 11.8. The smallest absolute Gasteiger partial charge is 0.340 e.